The summed E-state index contributed by atoms with van der Waals surface area (Å²) in [5, 5.41) is 3.50. The summed E-state index contributed by atoms with van der Waals surface area (Å²) in [7, 11) is -4.86. The topological polar surface area (TPSA) is 83.0 Å². The molecular formula is C19H55N3O6Si7. The molecule has 0 saturated carbocycles. The van der Waals surface area contributed by atoms with Crippen molar-refractivity contribution < 1.29 is 26.6 Å². The molecule has 0 amide bonds. The highest BCUT2D eigenvalue weighted by Gasteiger charge is 2.56. The quantitative estimate of drug-likeness (QED) is 0.0772. The van der Waals surface area contributed by atoms with E-state index in [1.54, 1.807) is 0 Å². The van der Waals surface area contributed by atoms with Gasteiger partial charge in [-0.1, -0.05) is 39.3 Å². The molecule has 0 rings (SSSR count). The van der Waals surface area contributed by atoms with Crippen LogP contribution in [0.25, 0.3) is 0 Å². The molecule has 0 aliphatic rings. The predicted octanol–water partition coefficient (Wildman–Crippen LogP) is -1.43. The number of hydrogen-bond donors (Lipinski definition) is 1. The lowest BCUT2D eigenvalue weighted by Gasteiger charge is -2.48. The van der Waals surface area contributed by atoms with Gasteiger partial charge in [0.15, 0.2) is 64.5 Å². The molecule has 16 heteroatoms. The third-order valence-corrected chi connectivity index (χ3v) is 14.9. The maximum absolute atomic E-state index is 6.51. The van der Waals surface area contributed by atoms with Crippen molar-refractivity contribution in [2.45, 2.75) is 103 Å². The first-order valence-electron chi connectivity index (χ1n) is 13.5. The minimum absolute atomic E-state index is 0.226. The van der Waals surface area contributed by atoms with Crippen LogP contribution in [0.2, 0.25) is 45.3 Å². The smallest absolute Gasteiger partial charge is 0.246 e. The fourth-order valence-electron chi connectivity index (χ4n) is 4.02. The van der Waals surface area contributed by atoms with Gasteiger partial charge in [-0.25, -0.2) is 0 Å². The van der Waals surface area contributed by atoms with E-state index in [1.807, 2.05) is 0 Å². The van der Waals surface area contributed by atoms with Crippen molar-refractivity contribution in [3.05, 3.63) is 0 Å². The van der Waals surface area contributed by atoms with E-state index in [4.69, 9.17) is 31.5 Å². The Morgan fingerprint density at radius 2 is 1.14 bits per heavy atom. The summed E-state index contributed by atoms with van der Waals surface area (Å²) in [4.78, 5) is 7.03. The number of guanidine groups is 1. The minimum atomic E-state index is -2.20. The van der Waals surface area contributed by atoms with Crippen LogP contribution in [0, 0.1) is 0 Å². The van der Waals surface area contributed by atoms with Crippen molar-refractivity contribution >= 4 is 73.3 Å². The van der Waals surface area contributed by atoms with Crippen molar-refractivity contribution in [3.63, 3.8) is 0 Å². The number of nitrogens with one attached hydrogen (secondary N) is 1. The first-order chi connectivity index (χ1) is 16.6. The van der Waals surface area contributed by atoms with Gasteiger partial charge in [0, 0.05) is 25.7 Å². The average molecular weight is 618 g/mol. The van der Waals surface area contributed by atoms with E-state index in [9.17, 15) is 0 Å². The molecule has 0 aromatic heterocycles. The summed E-state index contributed by atoms with van der Waals surface area (Å²) >= 11 is 0. The zero-order valence-corrected chi connectivity index (χ0v) is 34.1. The van der Waals surface area contributed by atoms with E-state index >= 15 is 0 Å². The Balaban J connectivity index is 6.21. The van der Waals surface area contributed by atoms with Gasteiger partial charge in [0.1, 0.15) is 0 Å². The van der Waals surface area contributed by atoms with E-state index < -0.39 is 78.6 Å². The first-order valence-corrected chi connectivity index (χ1v) is 27.4. The molecule has 0 aromatic rings. The van der Waals surface area contributed by atoms with Gasteiger partial charge in [-0.2, -0.15) is 0 Å². The van der Waals surface area contributed by atoms with Crippen LogP contribution in [0.3, 0.4) is 0 Å². The molecule has 35 heavy (non-hydrogen) atoms. The second-order valence-electron chi connectivity index (χ2n) is 8.77. The number of rotatable bonds is 20. The predicted molar refractivity (Wildman–Crippen MR) is 168 cm³/mol. The molecule has 1 N–H and O–H groups in total. The van der Waals surface area contributed by atoms with Gasteiger partial charge in [-0.15, -0.1) is 0 Å². The lowest BCUT2D eigenvalue weighted by atomic mass is 10.4. The average Bonchev–Trinajstić information content (AvgIpc) is 2.76. The Morgan fingerprint density at radius 3 is 1.43 bits per heavy atom. The lowest BCUT2D eigenvalue weighted by Crippen LogP contribution is -2.68. The zero-order chi connectivity index (χ0) is 26.9. The summed E-state index contributed by atoms with van der Waals surface area (Å²) in [5.74, 6) is 0.934. The molecule has 0 aliphatic heterocycles. The van der Waals surface area contributed by atoms with Crippen molar-refractivity contribution in [2.24, 2.45) is 4.99 Å². The number of aliphatic imine (C=N–C) groups is 1. The van der Waals surface area contributed by atoms with Crippen molar-refractivity contribution in [3.8, 4) is 0 Å². The Labute approximate surface area is 230 Å². The molecule has 0 radical (unpaired) electrons. The van der Waals surface area contributed by atoms with Crippen LogP contribution in [-0.4, -0.2) is 115 Å². The van der Waals surface area contributed by atoms with Gasteiger partial charge < -0.3 is 36.8 Å². The van der Waals surface area contributed by atoms with Crippen molar-refractivity contribution in [1.29, 1.82) is 0 Å². The lowest BCUT2D eigenvalue weighted by molar-refractivity contribution is -0.238. The molecule has 0 fully saturated rings. The fourth-order valence-corrected chi connectivity index (χ4v) is 18.0. The third kappa shape index (κ3) is 12.3. The largest absolute Gasteiger partial charge is 0.382 e. The Morgan fingerprint density at radius 1 is 0.771 bits per heavy atom. The van der Waals surface area contributed by atoms with Crippen LogP contribution in [0.5, 0.6) is 0 Å². The van der Waals surface area contributed by atoms with E-state index in [0.717, 1.165) is 25.0 Å². The van der Waals surface area contributed by atoms with E-state index in [0.29, 0.717) is 6.04 Å². The zero-order valence-electron chi connectivity index (χ0n) is 24.4. The highest BCUT2D eigenvalue weighted by molar-refractivity contribution is 6.66. The monoisotopic (exact) mass is 617 g/mol. The molecule has 0 atom stereocenters. The molecular weight excluding hydrogens is 563 g/mol. The Kier molecular flexibility index (Phi) is 19.9. The Bertz CT molecular complexity index is 521. The second kappa shape index (κ2) is 19.6. The summed E-state index contributed by atoms with van der Waals surface area (Å²) in [6.45, 7) is 22.2. The van der Waals surface area contributed by atoms with Gasteiger partial charge in [0.25, 0.3) is 0 Å². The number of nitrogens with zero attached hydrogens (tertiary/aromatic N) is 2. The van der Waals surface area contributed by atoms with E-state index in [1.165, 1.54) is 0 Å². The minimum Gasteiger partial charge on any atom is -0.382 e. The molecule has 0 saturated heterocycles. The number of hydrogen-bond acceptors (Lipinski definition) is 7. The van der Waals surface area contributed by atoms with Crippen LogP contribution < -0.4 is 5.32 Å². The van der Waals surface area contributed by atoms with Crippen LogP contribution in [0.15, 0.2) is 4.99 Å². The highest BCUT2D eigenvalue weighted by Crippen LogP contribution is 2.34. The molecule has 0 bridgehead atoms. The maximum Gasteiger partial charge on any atom is 0.246 e. The normalized spacial score (nSPS) is 18.9. The molecule has 0 heterocycles. The van der Waals surface area contributed by atoms with Gasteiger partial charge in [-0.05, 0) is 40.2 Å². The first kappa shape index (κ1) is 35.5. The van der Waals surface area contributed by atoms with Gasteiger partial charge in [0.2, 0.25) is 20.0 Å². The summed E-state index contributed by atoms with van der Waals surface area (Å²) in [5.41, 5.74) is -1.97. The van der Waals surface area contributed by atoms with Crippen molar-refractivity contribution in [2.75, 3.05) is 13.6 Å². The van der Waals surface area contributed by atoms with Gasteiger partial charge >= 0.3 is 0 Å². The maximum atomic E-state index is 6.51. The van der Waals surface area contributed by atoms with E-state index in [2.05, 4.69) is 84.2 Å². The molecule has 0 spiro atoms. The van der Waals surface area contributed by atoms with Gasteiger partial charge in [-0.3, -0.25) is 4.99 Å². The van der Waals surface area contributed by atoms with Crippen LogP contribution in [0.1, 0.15) is 34.1 Å². The van der Waals surface area contributed by atoms with Crippen LogP contribution in [0.4, 0.5) is 0 Å². The molecule has 0 unspecified atom stereocenters. The van der Waals surface area contributed by atoms with Crippen LogP contribution >= 0.6 is 0 Å². The molecule has 0 aliphatic carbocycles. The van der Waals surface area contributed by atoms with Crippen molar-refractivity contribution in [1.82, 2.24) is 10.2 Å². The Hall–Kier alpha value is 0.548. The summed E-state index contributed by atoms with van der Waals surface area (Å²) in [6.07, 6.45) is 0.934. The molecule has 9 nitrogen and oxygen atoms in total. The SMILES string of the molecule is C[SiH2]OC(O[SiH2]C)(O[SiH2]C)[SiH](CCCN(C)C(=NC(C)C)NC(C)C)C(O[SiH2]C)(O[SiH2]C)O[SiH2]C. The van der Waals surface area contributed by atoms with Crippen LogP contribution in [-0.2, 0) is 26.6 Å². The second-order valence-corrected chi connectivity index (χ2v) is 17.1. The third-order valence-electron chi connectivity index (χ3n) is 5.07. The van der Waals surface area contributed by atoms with E-state index in [-0.39, 0.29) is 6.04 Å². The molecule has 210 valence electrons. The molecule has 0 aromatic carbocycles. The summed E-state index contributed by atoms with van der Waals surface area (Å²) in [6, 6.07) is 1.43. The fraction of sp³-hybridized carbons (Fsp3) is 0.947. The highest BCUT2D eigenvalue weighted by atomic mass is 28.3. The van der Waals surface area contributed by atoms with Gasteiger partial charge in [0.05, 0.1) is 0 Å². The summed E-state index contributed by atoms with van der Waals surface area (Å²) < 4.78 is 39.1. The standard InChI is InChI=1S/C19H55N3O6Si7/c1-15(2)20-17(21-16(3)4)22(5)13-12-14-35(18(23-29-6,24-30-7)25-31-8)19(26-32-9,27-33-10)28-34-11/h15-16,35H,12-14,29-34H2,1-11H3,(H,20,21).